The molecule has 134 valence electrons. The summed E-state index contributed by atoms with van der Waals surface area (Å²) >= 11 is 0. The lowest BCUT2D eigenvalue weighted by Gasteiger charge is -2.41. The monoisotopic (exact) mass is 348 g/mol. The Morgan fingerprint density at radius 3 is 2.85 bits per heavy atom. The van der Waals surface area contributed by atoms with Crippen LogP contribution in [-0.4, -0.2) is 28.9 Å². The van der Waals surface area contributed by atoms with Gasteiger partial charge in [0, 0.05) is 18.9 Å². The topological polar surface area (TPSA) is 42.4 Å². The van der Waals surface area contributed by atoms with Gasteiger partial charge >= 0.3 is 0 Å². The van der Waals surface area contributed by atoms with E-state index in [1.54, 1.807) is 6.20 Å². The average Bonchev–Trinajstić information content (AvgIpc) is 3.39. The molecule has 0 bridgehead atoms. The molecule has 3 heterocycles. The molecule has 1 amide bonds. The molecule has 4 nitrogen and oxygen atoms in total. The summed E-state index contributed by atoms with van der Waals surface area (Å²) < 4.78 is 6.28. The summed E-state index contributed by atoms with van der Waals surface area (Å²) in [5.41, 5.74) is 3.22. The number of fused-ring (bicyclic) bond motifs is 2. The Kier molecular flexibility index (Phi) is 3.64. The van der Waals surface area contributed by atoms with Gasteiger partial charge in [0.05, 0.1) is 18.6 Å². The highest BCUT2D eigenvalue weighted by molar-refractivity contribution is 5.86. The molecular weight excluding hydrogens is 324 g/mol. The van der Waals surface area contributed by atoms with Crippen molar-refractivity contribution in [2.75, 3.05) is 13.1 Å². The van der Waals surface area contributed by atoms with Crippen LogP contribution in [0.5, 0.6) is 0 Å². The van der Waals surface area contributed by atoms with Gasteiger partial charge in [0.1, 0.15) is 5.60 Å². The van der Waals surface area contributed by atoms with Crippen LogP contribution in [0, 0.1) is 5.41 Å². The standard InChI is InChI=1S/C22H24N2O2/c25-20(21(9-10-21)13-17-5-3-11-23-14-17)24-12-4-8-22(16-24)19-7-2-1-6-18(19)15-26-22/h1-3,5-7,11,14H,4,8-10,12-13,15-16H2. The number of benzene rings is 1. The maximum Gasteiger partial charge on any atom is 0.229 e. The van der Waals surface area contributed by atoms with Gasteiger partial charge in [0.15, 0.2) is 0 Å². The first-order valence-electron chi connectivity index (χ1n) is 9.62. The first-order chi connectivity index (χ1) is 12.7. The van der Waals surface area contributed by atoms with Crippen LogP contribution in [0.2, 0.25) is 0 Å². The molecule has 1 saturated heterocycles. The maximum atomic E-state index is 13.4. The van der Waals surface area contributed by atoms with E-state index in [0.717, 1.165) is 44.2 Å². The van der Waals surface area contributed by atoms with Gasteiger partial charge in [-0.15, -0.1) is 0 Å². The van der Waals surface area contributed by atoms with Crippen molar-refractivity contribution in [3.63, 3.8) is 0 Å². The fourth-order valence-corrected chi connectivity index (χ4v) is 4.76. The molecule has 0 radical (unpaired) electrons. The van der Waals surface area contributed by atoms with E-state index in [-0.39, 0.29) is 11.0 Å². The lowest BCUT2D eigenvalue weighted by Crippen LogP contribution is -2.51. The zero-order valence-corrected chi connectivity index (χ0v) is 15.0. The van der Waals surface area contributed by atoms with Gasteiger partial charge in [0.2, 0.25) is 5.91 Å². The number of carbonyl (C=O) groups is 1. The van der Waals surface area contributed by atoms with Crippen molar-refractivity contribution in [3.8, 4) is 0 Å². The quantitative estimate of drug-likeness (QED) is 0.853. The van der Waals surface area contributed by atoms with Gasteiger partial charge in [0.25, 0.3) is 0 Å². The summed E-state index contributed by atoms with van der Waals surface area (Å²) in [5, 5.41) is 0. The van der Waals surface area contributed by atoms with Gasteiger partial charge < -0.3 is 9.64 Å². The number of aromatic nitrogens is 1. The van der Waals surface area contributed by atoms with Gasteiger partial charge in [-0.2, -0.15) is 0 Å². The minimum Gasteiger partial charge on any atom is -0.364 e. The average molecular weight is 348 g/mol. The minimum absolute atomic E-state index is 0.209. The van der Waals surface area contributed by atoms with Crippen LogP contribution in [-0.2, 0) is 28.2 Å². The number of pyridine rings is 1. The normalized spacial score (nSPS) is 25.9. The van der Waals surface area contributed by atoms with E-state index in [4.69, 9.17) is 4.74 Å². The first-order valence-corrected chi connectivity index (χ1v) is 9.62. The van der Waals surface area contributed by atoms with E-state index in [9.17, 15) is 4.79 Å². The number of piperidine rings is 1. The Labute approximate surface area is 154 Å². The third-order valence-electron chi connectivity index (χ3n) is 6.33. The van der Waals surface area contributed by atoms with Crippen molar-refractivity contribution in [3.05, 3.63) is 65.5 Å². The van der Waals surface area contributed by atoms with Crippen LogP contribution in [0.4, 0.5) is 0 Å². The molecule has 1 spiro atoms. The van der Waals surface area contributed by atoms with Crippen molar-refractivity contribution >= 4 is 5.91 Å². The highest BCUT2D eigenvalue weighted by atomic mass is 16.5. The van der Waals surface area contributed by atoms with Crippen LogP contribution in [0.25, 0.3) is 0 Å². The molecule has 2 fully saturated rings. The van der Waals surface area contributed by atoms with E-state index in [2.05, 4.69) is 40.2 Å². The second-order valence-electron chi connectivity index (χ2n) is 8.09. The van der Waals surface area contributed by atoms with E-state index in [0.29, 0.717) is 19.1 Å². The molecule has 1 aromatic heterocycles. The van der Waals surface area contributed by atoms with Crippen LogP contribution >= 0.6 is 0 Å². The van der Waals surface area contributed by atoms with E-state index in [1.807, 2.05) is 12.3 Å². The maximum absolute atomic E-state index is 13.4. The molecule has 1 atom stereocenters. The van der Waals surface area contributed by atoms with E-state index in [1.165, 1.54) is 11.1 Å². The summed E-state index contributed by atoms with van der Waals surface area (Å²) in [6.07, 6.45) is 8.46. The molecule has 2 aliphatic heterocycles. The second-order valence-corrected chi connectivity index (χ2v) is 8.09. The number of likely N-dealkylation sites (tertiary alicyclic amines) is 1. The molecule has 1 aliphatic carbocycles. The smallest absolute Gasteiger partial charge is 0.229 e. The third kappa shape index (κ3) is 2.55. The predicted molar refractivity (Wildman–Crippen MR) is 98.3 cm³/mol. The van der Waals surface area contributed by atoms with E-state index >= 15 is 0 Å². The van der Waals surface area contributed by atoms with Crippen LogP contribution in [0.3, 0.4) is 0 Å². The van der Waals surface area contributed by atoms with Crippen molar-refractivity contribution in [2.45, 2.75) is 44.3 Å². The Bertz CT molecular complexity index is 827. The van der Waals surface area contributed by atoms with E-state index < -0.39 is 0 Å². The molecule has 3 aliphatic rings. The third-order valence-corrected chi connectivity index (χ3v) is 6.33. The summed E-state index contributed by atoms with van der Waals surface area (Å²) in [6, 6.07) is 12.5. The Balaban J connectivity index is 1.37. The van der Waals surface area contributed by atoms with Crippen LogP contribution in [0.1, 0.15) is 42.4 Å². The summed E-state index contributed by atoms with van der Waals surface area (Å²) in [6.45, 7) is 2.21. The fraction of sp³-hybridized carbons (Fsp3) is 0.455. The number of carbonyl (C=O) groups excluding carboxylic acids is 1. The Hall–Kier alpha value is -2.20. The van der Waals surface area contributed by atoms with Gasteiger partial charge in [-0.1, -0.05) is 30.3 Å². The van der Waals surface area contributed by atoms with Crippen molar-refractivity contribution in [1.29, 1.82) is 0 Å². The number of ether oxygens (including phenoxy) is 1. The molecule has 0 N–H and O–H groups in total. The zero-order valence-electron chi connectivity index (χ0n) is 15.0. The van der Waals surface area contributed by atoms with Crippen molar-refractivity contribution < 1.29 is 9.53 Å². The molecular formula is C22H24N2O2. The van der Waals surface area contributed by atoms with Crippen LogP contribution < -0.4 is 0 Å². The molecule has 5 rings (SSSR count). The number of nitrogens with zero attached hydrogens (tertiary/aromatic N) is 2. The Morgan fingerprint density at radius 2 is 2.04 bits per heavy atom. The fourth-order valence-electron chi connectivity index (χ4n) is 4.76. The first kappa shape index (κ1) is 16.0. The Morgan fingerprint density at radius 1 is 1.15 bits per heavy atom. The summed E-state index contributed by atoms with van der Waals surface area (Å²) in [4.78, 5) is 19.7. The number of amides is 1. The molecule has 2 aromatic rings. The lowest BCUT2D eigenvalue weighted by molar-refractivity contribution is -0.148. The van der Waals surface area contributed by atoms with Crippen molar-refractivity contribution in [1.82, 2.24) is 9.88 Å². The molecule has 1 unspecified atom stereocenters. The van der Waals surface area contributed by atoms with Gasteiger partial charge in [-0.3, -0.25) is 9.78 Å². The zero-order chi connectivity index (χ0) is 17.6. The second kappa shape index (κ2) is 5.92. The van der Waals surface area contributed by atoms with Crippen LogP contribution in [0.15, 0.2) is 48.8 Å². The molecule has 26 heavy (non-hydrogen) atoms. The SMILES string of the molecule is O=C(N1CCCC2(C1)OCc1ccccc12)C1(Cc2cccnc2)CC1. The minimum atomic E-state index is -0.297. The largest absolute Gasteiger partial charge is 0.364 e. The predicted octanol–water partition coefficient (Wildman–Crippen LogP) is 3.45. The van der Waals surface area contributed by atoms with Gasteiger partial charge in [-0.25, -0.2) is 0 Å². The highest BCUT2D eigenvalue weighted by Crippen LogP contribution is 2.51. The molecule has 4 heteroatoms. The molecule has 1 aromatic carbocycles. The number of rotatable bonds is 3. The highest BCUT2D eigenvalue weighted by Gasteiger charge is 2.54. The number of hydrogen-bond acceptors (Lipinski definition) is 3. The van der Waals surface area contributed by atoms with Crippen molar-refractivity contribution in [2.24, 2.45) is 5.41 Å². The summed E-state index contributed by atoms with van der Waals surface area (Å²) in [7, 11) is 0. The molecule has 1 saturated carbocycles. The lowest BCUT2D eigenvalue weighted by atomic mass is 9.84. The summed E-state index contributed by atoms with van der Waals surface area (Å²) in [5.74, 6) is 0.313. The number of hydrogen-bond donors (Lipinski definition) is 0. The van der Waals surface area contributed by atoms with Gasteiger partial charge in [-0.05, 0) is 54.9 Å².